The summed E-state index contributed by atoms with van der Waals surface area (Å²) in [4.78, 5) is 30.1. The average Bonchev–Trinajstić information content (AvgIpc) is 2.66. The third kappa shape index (κ3) is 4.42. The lowest BCUT2D eigenvalue weighted by atomic mass is 10.2. The van der Waals surface area contributed by atoms with Crippen LogP contribution >= 0.6 is 11.8 Å². The first kappa shape index (κ1) is 20.1. The van der Waals surface area contributed by atoms with Crippen LogP contribution in [0.2, 0.25) is 0 Å². The Labute approximate surface area is 167 Å². The molecule has 1 unspecified atom stereocenters. The maximum Gasteiger partial charge on any atom is 0.266 e. The Bertz CT molecular complexity index is 1060. The van der Waals surface area contributed by atoms with E-state index in [4.69, 9.17) is 0 Å². The topological polar surface area (TPSA) is 64.0 Å². The first-order chi connectivity index (χ1) is 13.4. The Morgan fingerprint density at radius 1 is 1.18 bits per heavy atom. The fraction of sp³-hybridized carbons (Fsp3) is 0.286. The quantitative estimate of drug-likeness (QED) is 0.506. The van der Waals surface area contributed by atoms with Crippen LogP contribution < -0.4 is 10.9 Å². The summed E-state index contributed by atoms with van der Waals surface area (Å²) in [5, 5.41) is 3.21. The summed E-state index contributed by atoms with van der Waals surface area (Å²) in [6.45, 7) is 6.37. The molecule has 0 radical (unpaired) electrons. The van der Waals surface area contributed by atoms with Gasteiger partial charge in [0.05, 0.1) is 21.8 Å². The van der Waals surface area contributed by atoms with Gasteiger partial charge in [0.25, 0.3) is 5.56 Å². The zero-order chi connectivity index (χ0) is 20.3. The molecule has 1 heterocycles. The van der Waals surface area contributed by atoms with E-state index in [0.717, 1.165) is 0 Å². The molecule has 146 valence electrons. The highest BCUT2D eigenvalue weighted by molar-refractivity contribution is 8.00. The zero-order valence-electron chi connectivity index (χ0n) is 16.0. The molecule has 0 saturated carbocycles. The lowest BCUT2D eigenvalue weighted by molar-refractivity contribution is -0.120. The first-order valence-electron chi connectivity index (χ1n) is 9.09. The van der Waals surface area contributed by atoms with Crippen molar-refractivity contribution in [2.24, 2.45) is 5.92 Å². The summed E-state index contributed by atoms with van der Waals surface area (Å²) >= 11 is 1.18. The predicted octanol–water partition coefficient (Wildman–Crippen LogP) is 3.78. The highest BCUT2D eigenvalue weighted by Crippen LogP contribution is 2.25. The Balaban J connectivity index is 2.06. The minimum Gasteiger partial charge on any atom is -0.355 e. The Morgan fingerprint density at radius 2 is 1.93 bits per heavy atom. The lowest BCUT2D eigenvalue weighted by Crippen LogP contribution is -2.34. The van der Waals surface area contributed by atoms with Crippen molar-refractivity contribution in [3.8, 4) is 5.69 Å². The van der Waals surface area contributed by atoms with Crippen LogP contribution in [0, 0.1) is 11.7 Å². The highest BCUT2D eigenvalue weighted by Gasteiger charge is 2.20. The molecular formula is C21H22FN3O2S. The van der Waals surface area contributed by atoms with Crippen molar-refractivity contribution < 1.29 is 9.18 Å². The van der Waals surface area contributed by atoms with Gasteiger partial charge in [-0.25, -0.2) is 9.37 Å². The number of carbonyl (C=O) groups excluding carboxylic acids is 1. The summed E-state index contributed by atoms with van der Waals surface area (Å²) in [7, 11) is 0. The van der Waals surface area contributed by atoms with E-state index < -0.39 is 11.1 Å². The van der Waals surface area contributed by atoms with Crippen molar-refractivity contribution in [2.75, 3.05) is 6.54 Å². The number of hydrogen-bond acceptors (Lipinski definition) is 4. The maximum absolute atomic E-state index is 13.8. The van der Waals surface area contributed by atoms with E-state index in [9.17, 15) is 14.0 Å². The summed E-state index contributed by atoms with van der Waals surface area (Å²) in [5.74, 6) is -0.242. The van der Waals surface area contributed by atoms with Gasteiger partial charge in [-0.15, -0.1) is 0 Å². The number of hydrogen-bond donors (Lipinski definition) is 1. The van der Waals surface area contributed by atoms with Crippen molar-refractivity contribution in [1.29, 1.82) is 0 Å². The van der Waals surface area contributed by atoms with Gasteiger partial charge in [0, 0.05) is 6.54 Å². The molecule has 0 bridgehead atoms. The minimum atomic E-state index is -0.466. The van der Waals surface area contributed by atoms with Gasteiger partial charge in [-0.1, -0.05) is 43.8 Å². The SMILES string of the molecule is CC(C)CNC(=O)C(C)Sc1nc2ccccc2c(=O)n1-c1cccc(F)c1. The Kier molecular flexibility index (Phi) is 6.14. The third-order valence-corrected chi connectivity index (χ3v) is 5.20. The second-order valence-electron chi connectivity index (χ2n) is 6.93. The van der Waals surface area contributed by atoms with E-state index in [1.54, 1.807) is 43.3 Å². The first-order valence-corrected chi connectivity index (χ1v) is 9.97. The van der Waals surface area contributed by atoms with Crippen LogP contribution in [0.4, 0.5) is 4.39 Å². The highest BCUT2D eigenvalue weighted by atomic mass is 32.2. The van der Waals surface area contributed by atoms with Crippen LogP contribution in [0.25, 0.3) is 16.6 Å². The number of nitrogens with zero attached hydrogens (tertiary/aromatic N) is 2. The van der Waals surface area contributed by atoms with Crippen LogP contribution in [0.1, 0.15) is 20.8 Å². The Morgan fingerprint density at radius 3 is 2.64 bits per heavy atom. The molecule has 1 N–H and O–H groups in total. The fourth-order valence-corrected chi connectivity index (χ4v) is 3.65. The second kappa shape index (κ2) is 8.56. The van der Waals surface area contributed by atoms with Gasteiger partial charge >= 0.3 is 0 Å². The molecule has 0 fully saturated rings. The molecule has 0 saturated heterocycles. The van der Waals surface area contributed by atoms with E-state index in [0.29, 0.717) is 34.2 Å². The molecular weight excluding hydrogens is 377 g/mol. The van der Waals surface area contributed by atoms with E-state index in [-0.39, 0.29) is 11.5 Å². The normalized spacial score (nSPS) is 12.3. The lowest BCUT2D eigenvalue weighted by Gasteiger charge is -2.17. The second-order valence-corrected chi connectivity index (χ2v) is 8.24. The zero-order valence-corrected chi connectivity index (χ0v) is 16.8. The molecule has 2 aromatic carbocycles. The molecule has 1 aromatic heterocycles. The third-order valence-electron chi connectivity index (χ3n) is 4.15. The van der Waals surface area contributed by atoms with Crippen molar-refractivity contribution in [3.05, 3.63) is 64.7 Å². The standard InChI is InChI=1S/C21H22FN3O2S/c1-13(2)12-23-19(26)14(3)28-21-24-18-10-5-4-9-17(18)20(27)25(21)16-8-6-7-15(22)11-16/h4-11,13-14H,12H2,1-3H3,(H,23,26). The molecule has 3 aromatic rings. The molecule has 0 aliphatic rings. The average molecular weight is 399 g/mol. The molecule has 1 amide bonds. The number of rotatable bonds is 6. The molecule has 0 aliphatic heterocycles. The number of carbonyl (C=O) groups is 1. The fourth-order valence-electron chi connectivity index (χ4n) is 2.69. The molecule has 5 nitrogen and oxygen atoms in total. The number of para-hydroxylation sites is 1. The number of benzene rings is 2. The van der Waals surface area contributed by atoms with Gasteiger partial charge in [-0.3, -0.25) is 14.2 Å². The number of halogens is 1. The Hall–Kier alpha value is -2.67. The van der Waals surface area contributed by atoms with Gasteiger partial charge in [0.2, 0.25) is 5.91 Å². The minimum absolute atomic E-state index is 0.133. The van der Waals surface area contributed by atoms with Crippen LogP contribution in [-0.2, 0) is 4.79 Å². The van der Waals surface area contributed by atoms with Gasteiger partial charge < -0.3 is 5.32 Å². The molecule has 1 atom stereocenters. The molecule has 7 heteroatoms. The summed E-state index contributed by atoms with van der Waals surface area (Å²) in [5.41, 5.74) is 0.617. The number of aromatic nitrogens is 2. The van der Waals surface area contributed by atoms with E-state index in [2.05, 4.69) is 10.3 Å². The molecule has 0 aliphatic carbocycles. The molecule has 28 heavy (non-hydrogen) atoms. The summed E-state index contributed by atoms with van der Waals surface area (Å²) < 4.78 is 15.2. The number of amides is 1. The van der Waals surface area contributed by atoms with Gasteiger partial charge in [-0.2, -0.15) is 0 Å². The molecule has 3 rings (SSSR count). The van der Waals surface area contributed by atoms with E-state index in [1.165, 1.54) is 28.5 Å². The van der Waals surface area contributed by atoms with E-state index in [1.807, 2.05) is 13.8 Å². The largest absolute Gasteiger partial charge is 0.355 e. The van der Waals surface area contributed by atoms with Crippen molar-refractivity contribution >= 4 is 28.6 Å². The van der Waals surface area contributed by atoms with Crippen molar-refractivity contribution in [1.82, 2.24) is 14.9 Å². The van der Waals surface area contributed by atoms with Gasteiger partial charge in [0.1, 0.15) is 5.82 Å². The van der Waals surface area contributed by atoms with Gasteiger partial charge in [-0.05, 0) is 43.2 Å². The van der Waals surface area contributed by atoms with Crippen LogP contribution in [0.3, 0.4) is 0 Å². The monoisotopic (exact) mass is 399 g/mol. The number of fused-ring (bicyclic) bond motifs is 1. The van der Waals surface area contributed by atoms with Crippen molar-refractivity contribution in [3.63, 3.8) is 0 Å². The molecule has 0 spiro atoms. The van der Waals surface area contributed by atoms with Gasteiger partial charge in [0.15, 0.2) is 5.16 Å². The summed E-state index contributed by atoms with van der Waals surface area (Å²) in [6.07, 6.45) is 0. The van der Waals surface area contributed by atoms with Crippen LogP contribution in [0.5, 0.6) is 0 Å². The predicted molar refractivity (Wildman–Crippen MR) is 110 cm³/mol. The number of thioether (sulfide) groups is 1. The van der Waals surface area contributed by atoms with E-state index >= 15 is 0 Å². The van der Waals surface area contributed by atoms with Crippen LogP contribution in [-0.4, -0.2) is 27.3 Å². The van der Waals surface area contributed by atoms with Crippen molar-refractivity contribution in [2.45, 2.75) is 31.2 Å². The number of nitrogens with one attached hydrogen (secondary N) is 1. The maximum atomic E-state index is 13.8. The van der Waals surface area contributed by atoms with Crippen LogP contribution in [0.15, 0.2) is 58.5 Å². The smallest absolute Gasteiger partial charge is 0.266 e. The summed E-state index contributed by atoms with van der Waals surface area (Å²) in [6, 6.07) is 12.8.